The van der Waals surface area contributed by atoms with E-state index >= 15 is 0 Å². The van der Waals surface area contributed by atoms with Crippen LogP contribution in [0.4, 0.5) is 5.13 Å². The summed E-state index contributed by atoms with van der Waals surface area (Å²) < 4.78 is 11.2. The van der Waals surface area contributed by atoms with Crippen molar-refractivity contribution in [2.75, 3.05) is 31.6 Å². The van der Waals surface area contributed by atoms with E-state index < -0.39 is 0 Å². The van der Waals surface area contributed by atoms with E-state index in [1.165, 1.54) is 11.3 Å². The molecular formula is C20H25N3O4S. The van der Waals surface area contributed by atoms with E-state index in [1.54, 1.807) is 29.3 Å². The number of piperidine rings is 1. The van der Waals surface area contributed by atoms with Crippen LogP contribution in [0.25, 0.3) is 0 Å². The Balaban J connectivity index is 1.60. The van der Waals surface area contributed by atoms with Crippen LogP contribution in [0.15, 0.2) is 29.8 Å². The number of carbonyl (C=O) groups is 2. The third-order valence-corrected chi connectivity index (χ3v) is 5.29. The number of hydrogen-bond donors (Lipinski definition) is 1. The molecule has 1 saturated heterocycles. The lowest BCUT2D eigenvalue weighted by molar-refractivity contribution is -0.121. The highest BCUT2D eigenvalue weighted by atomic mass is 32.1. The maximum atomic E-state index is 12.9. The smallest absolute Gasteiger partial charge is 0.253 e. The zero-order valence-electron chi connectivity index (χ0n) is 16.1. The predicted molar refractivity (Wildman–Crippen MR) is 108 cm³/mol. The molecule has 0 unspecified atom stereocenters. The first kappa shape index (κ1) is 20.1. The Labute approximate surface area is 168 Å². The fourth-order valence-electron chi connectivity index (χ4n) is 3.20. The van der Waals surface area contributed by atoms with Crippen molar-refractivity contribution < 1.29 is 19.1 Å². The molecule has 1 aromatic heterocycles. The van der Waals surface area contributed by atoms with Crippen molar-refractivity contribution in [3.05, 3.63) is 35.3 Å². The summed E-state index contributed by atoms with van der Waals surface area (Å²) in [6, 6.07) is 5.27. The summed E-state index contributed by atoms with van der Waals surface area (Å²) in [6.07, 6.45) is 2.94. The van der Waals surface area contributed by atoms with Crippen molar-refractivity contribution in [1.82, 2.24) is 9.88 Å². The molecule has 0 radical (unpaired) electrons. The molecule has 0 spiro atoms. The molecule has 0 saturated carbocycles. The number of carbonyl (C=O) groups excluding carboxylic acids is 2. The molecule has 7 nitrogen and oxygen atoms in total. The number of rotatable bonds is 7. The van der Waals surface area contributed by atoms with E-state index in [-0.39, 0.29) is 17.7 Å². The van der Waals surface area contributed by atoms with Gasteiger partial charge in [-0.25, -0.2) is 4.98 Å². The van der Waals surface area contributed by atoms with Crippen molar-refractivity contribution in [2.45, 2.75) is 26.7 Å². The number of benzene rings is 1. The Kier molecular flexibility index (Phi) is 6.86. The van der Waals surface area contributed by atoms with Crippen LogP contribution in [-0.4, -0.2) is 48.0 Å². The number of nitrogens with one attached hydrogen (secondary N) is 1. The van der Waals surface area contributed by atoms with E-state index in [0.29, 0.717) is 61.3 Å². The minimum Gasteiger partial charge on any atom is -0.490 e. The van der Waals surface area contributed by atoms with Crippen LogP contribution in [0.3, 0.4) is 0 Å². The van der Waals surface area contributed by atoms with Crippen molar-refractivity contribution in [1.29, 1.82) is 0 Å². The lowest BCUT2D eigenvalue weighted by Gasteiger charge is -2.31. The molecule has 2 heterocycles. The Morgan fingerprint density at radius 3 is 2.54 bits per heavy atom. The molecule has 2 amide bonds. The van der Waals surface area contributed by atoms with E-state index in [1.807, 2.05) is 19.2 Å². The third kappa shape index (κ3) is 4.81. The van der Waals surface area contributed by atoms with Gasteiger partial charge < -0.3 is 19.7 Å². The Hall–Kier alpha value is -2.61. The van der Waals surface area contributed by atoms with E-state index in [9.17, 15) is 9.59 Å². The Bertz CT molecular complexity index is 802. The number of likely N-dealkylation sites (tertiary alicyclic amines) is 1. The second-order valence-corrected chi connectivity index (χ2v) is 7.32. The lowest BCUT2D eigenvalue weighted by Crippen LogP contribution is -2.41. The van der Waals surface area contributed by atoms with Crippen LogP contribution in [0.2, 0.25) is 0 Å². The highest BCUT2D eigenvalue weighted by Gasteiger charge is 2.28. The van der Waals surface area contributed by atoms with Gasteiger partial charge in [0.05, 0.1) is 13.2 Å². The van der Waals surface area contributed by atoms with Crippen LogP contribution >= 0.6 is 11.3 Å². The molecule has 1 aliphatic rings. The van der Waals surface area contributed by atoms with Crippen molar-refractivity contribution in [3.63, 3.8) is 0 Å². The van der Waals surface area contributed by atoms with Crippen LogP contribution in [0.5, 0.6) is 11.5 Å². The van der Waals surface area contributed by atoms with E-state index in [4.69, 9.17) is 9.47 Å². The quantitative estimate of drug-likeness (QED) is 0.766. The SMILES string of the molecule is CCOc1ccc(C(=O)N2CCC(C(=O)Nc3nccs3)CC2)cc1OCC. The fourth-order valence-corrected chi connectivity index (χ4v) is 3.74. The Morgan fingerprint density at radius 2 is 1.89 bits per heavy atom. The minimum atomic E-state index is -0.104. The first-order valence-corrected chi connectivity index (χ1v) is 10.4. The monoisotopic (exact) mass is 403 g/mol. The standard InChI is InChI=1S/C20H25N3O4S/c1-3-26-16-6-5-15(13-17(16)27-4-2)19(25)23-10-7-14(8-11-23)18(24)22-20-21-9-12-28-20/h5-6,9,12-14H,3-4,7-8,10-11H2,1-2H3,(H,21,22,24). The molecule has 1 N–H and O–H groups in total. The molecule has 28 heavy (non-hydrogen) atoms. The van der Waals surface area contributed by atoms with Crippen LogP contribution in [0, 0.1) is 5.92 Å². The molecule has 1 fully saturated rings. The number of hydrogen-bond acceptors (Lipinski definition) is 6. The second kappa shape index (κ2) is 9.54. The molecule has 0 bridgehead atoms. The first-order valence-electron chi connectivity index (χ1n) is 9.51. The van der Waals surface area contributed by atoms with Gasteiger partial charge in [-0.3, -0.25) is 9.59 Å². The zero-order valence-corrected chi connectivity index (χ0v) is 17.0. The van der Waals surface area contributed by atoms with Gasteiger partial charge in [-0.15, -0.1) is 11.3 Å². The molecular weight excluding hydrogens is 378 g/mol. The second-order valence-electron chi connectivity index (χ2n) is 6.42. The first-order chi connectivity index (χ1) is 13.6. The molecule has 0 aliphatic carbocycles. The van der Waals surface area contributed by atoms with Crippen LogP contribution in [-0.2, 0) is 4.79 Å². The summed E-state index contributed by atoms with van der Waals surface area (Å²) in [7, 11) is 0. The summed E-state index contributed by atoms with van der Waals surface area (Å²) in [4.78, 5) is 31.1. The maximum Gasteiger partial charge on any atom is 0.253 e. The van der Waals surface area contributed by atoms with Gasteiger partial charge in [0.25, 0.3) is 5.91 Å². The fraction of sp³-hybridized carbons (Fsp3) is 0.450. The largest absolute Gasteiger partial charge is 0.490 e. The van der Waals surface area contributed by atoms with Gasteiger partial charge in [0.15, 0.2) is 16.6 Å². The number of nitrogens with zero attached hydrogens (tertiary/aromatic N) is 2. The van der Waals surface area contributed by atoms with Gasteiger partial charge in [-0.1, -0.05) is 0 Å². The van der Waals surface area contributed by atoms with Crippen molar-refractivity contribution in [2.24, 2.45) is 5.92 Å². The summed E-state index contributed by atoms with van der Waals surface area (Å²) in [6.45, 7) is 5.93. The average Bonchev–Trinajstić information content (AvgIpc) is 3.22. The number of ether oxygens (including phenoxy) is 2. The molecule has 2 aromatic rings. The lowest BCUT2D eigenvalue weighted by atomic mass is 9.95. The molecule has 0 atom stereocenters. The third-order valence-electron chi connectivity index (χ3n) is 4.61. The summed E-state index contributed by atoms with van der Waals surface area (Å²) >= 11 is 1.40. The maximum absolute atomic E-state index is 12.9. The van der Waals surface area contributed by atoms with Gasteiger partial charge in [0, 0.05) is 36.1 Å². The average molecular weight is 404 g/mol. The molecule has 3 rings (SSSR count). The highest BCUT2D eigenvalue weighted by Crippen LogP contribution is 2.30. The van der Waals surface area contributed by atoms with Gasteiger partial charge in [-0.2, -0.15) is 0 Å². The number of thiazole rings is 1. The molecule has 1 aromatic carbocycles. The topological polar surface area (TPSA) is 80.8 Å². The number of anilines is 1. The minimum absolute atomic E-state index is 0.0262. The van der Waals surface area contributed by atoms with Gasteiger partial charge in [0.2, 0.25) is 5.91 Å². The molecule has 8 heteroatoms. The summed E-state index contributed by atoms with van der Waals surface area (Å²) in [5.74, 6) is 1.03. The van der Waals surface area contributed by atoms with Gasteiger partial charge >= 0.3 is 0 Å². The summed E-state index contributed by atoms with van der Waals surface area (Å²) in [5, 5.41) is 5.28. The summed E-state index contributed by atoms with van der Waals surface area (Å²) in [5.41, 5.74) is 0.567. The van der Waals surface area contributed by atoms with Crippen LogP contribution < -0.4 is 14.8 Å². The number of amides is 2. The molecule has 1 aliphatic heterocycles. The van der Waals surface area contributed by atoms with Crippen molar-refractivity contribution >= 4 is 28.3 Å². The predicted octanol–water partition coefficient (Wildman–Crippen LogP) is 3.43. The highest BCUT2D eigenvalue weighted by molar-refractivity contribution is 7.13. The van der Waals surface area contributed by atoms with Gasteiger partial charge in [-0.05, 0) is 44.9 Å². The number of aromatic nitrogens is 1. The van der Waals surface area contributed by atoms with Crippen LogP contribution in [0.1, 0.15) is 37.0 Å². The van der Waals surface area contributed by atoms with E-state index in [0.717, 1.165) is 0 Å². The zero-order chi connectivity index (χ0) is 19.9. The normalized spacial score (nSPS) is 14.6. The van der Waals surface area contributed by atoms with Gasteiger partial charge in [0.1, 0.15) is 0 Å². The molecule has 150 valence electrons. The van der Waals surface area contributed by atoms with Crippen molar-refractivity contribution in [3.8, 4) is 11.5 Å². The van der Waals surface area contributed by atoms with E-state index in [2.05, 4.69) is 10.3 Å². The Morgan fingerprint density at radius 1 is 1.18 bits per heavy atom.